The zero-order valence-corrected chi connectivity index (χ0v) is 17.9. The van der Waals surface area contributed by atoms with Crippen molar-refractivity contribution in [1.82, 2.24) is 0 Å². The summed E-state index contributed by atoms with van der Waals surface area (Å²) in [5, 5.41) is 9.51. The highest BCUT2D eigenvalue weighted by atomic mass is 16.6. The molecule has 0 fully saturated rings. The Morgan fingerprint density at radius 1 is 0.656 bits per heavy atom. The van der Waals surface area contributed by atoms with Gasteiger partial charge in [-0.15, -0.1) is 0 Å². The minimum Gasteiger partial charge on any atom is -0.453 e. The van der Waals surface area contributed by atoms with Crippen LogP contribution >= 0.6 is 0 Å². The molecule has 1 heterocycles. The fourth-order valence-corrected chi connectivity index (χ4v) is 3.41. The Kier molecular flexibility index (Phi) is 8.06. The molecule has 0 aliphatic carbocycles. The topological polar surface area (TPSA) is 60.5 Å². The average Bonchev–Trinajstić information content (AvgIpc) is 3.64. The van der Waals surface area contributed by atoms with Crippen LogP contribution in [0.4, 0.5) is 0 Å². The van der Waals surface area contributed by atoms with E-state index >= 15 is 0 Å². The SMILES string of the molecule is OCC1=C([C@@H](OCc2ccccc2)[C@@H](COCc2ccccc2)OCc2ccccc2)O1. The molecular weight excluding hydrogens is 404 g/mol. The lowest BCUT2D eigenvalue weighted by Crippen LogP contribution is -2.35. The quantitative estimate of drug-likeness (QED) is 0.428. The third-order valence-corrected chi connectivity index (χ3v) is 5.18. The van der Waals surface area contributed by atoms with E-state index in [1.54, 1.807) is 0 Å². The average molecular weight is 433 g/mol. The molecule has 1 aliphatic rings. The van der Waals surface area contributed by atoms with Gasteiger partial charge in [0.05, 0.1) is 26.4 Å². The second-order valence-electron chi connectivity index (χ2n) is 7.60. The Bertz CT molecular complexity index is 973. The molecule has 3 aromatic rings. The maximum absolute atomic E-state index is 9.51. The summed E-state index contributed by atoms with van der Waals surface area (Å²) in [7, 11) is 0. The van der Waals surface area contributed by atoms with Gasteiger partial charge in [0.2, 0.25) is 0 Å². The van der Waals surface area contributed by atoms with Gasteiger partial charge in [0.25, 0.3) is 0 Å². The minimum atomic E-state index is -0.475. The smallest absolute Gasteiger partial charge is 0.176 e. The summed E-state index contributed by atoms with van der Waals surface area (Å²) in [6.45, 7) is 1.47. The molecule has 0 bridgehead atoms. The Hall–Kier alpha value is -2.96. The van der Waals surface area contributed by atoms with Crippen LogP contribution in [-0.2, 0) is 38.8 Å². The van der Waals surface area contributed by atoms with E-state index in [4.69, 9.17) is 18.9 Å². The van der Waals surface area contributed by atoms with Crippen molar-refractivity contribution in [3.05, 3.63) is 119 Å². The maximum atomic E-state index is 9.51. The number of benzene rings is 3. The van der Waals surface area contributed by atoms with Crippen LogP contribution in [0.25, 0.3) is 0 Å². The molecule has 4 rings (SSSR count). The van der Waals surface area contributed by atoms with E-state index in [2.05, 4.69) is 0 Å². The molecule has 0 aromatic heterocycles. The normalized spacial score (nSPS) is 14.7. The molecule has 5 heteroatoms. The van der Waals surface area contributed by atoms with Gasteiger partial charge in [0, 0.05) is 0 Å². The standard InChI is InChI=1S/C27H28O5/c28-16-24-27(32-24)26(31-19-23-14-8-3-9-15-23)25(30-18-22-12-6-2-7-13-22)20-29-17-21-10-4-1-5-11-21/h1-15,25-26,28H,16-20H2/t25-,26+/m1/s1. The van der Waals surface area contributed by atoms with Crippen molar-refractivity contribution in [3.8, 4) is 0 Å². The van der Waals surface area contributed by atoms with Crippen molar-refractivity contribution in [2.75, 3.05) is 13.2 Å². The molecule has 1 N–H and O–H groups in total. The Labute approximate surface area is 188 Å². The van der Waals surface area contributed by atoms with Gasteiger partial charge >= 0.3 is 0 Å². The molecule has 0 unspecified atom stereocenters. The largest absolute Gasteiger partial charge is 0.453 e. The third-order valence-electron chi connectivity index (χ3n) is 5.18. The minimum absolute atomic E-state index is 0.156. The molecule has 32 heavy (non-hydrogen) atoms. The Morgan fingerprint density at radius 2 is 1.16 bits per heavy atom. The zero-order valence-electron chi connectivity index (χ0n) is 17.9. The van der Waals surface area contributed by atoms with Gasteiger partial charge in [-0.2, -0.15) is 0 Å². The summed E-state index contributed by atoms with van der Waals surface area (Å²) in [4.78, 5) is 0. The molecule has 0 spiro atoms. The summed E-state index contributed by atoms with van der Waals surface area (Å²) in [6.07, 6.45) is -0.876. The Morgan fingerprint density at radius 3 is 1.66 bits per heavy atom. The third kappa shape index (κ3) is 6.52. The van der Waals surface area contributed by atoms with Crippen LogP contribution in [-0.4, -0.2) is 30.5 Å². The first-order valence-electron chi connectivity index (χ1n) is 10.8. The van der Waals surface area contributed by atoms with Crippen molar-refractivity contribution < 1.29 is 24.1 Å². The van der Waals surface area contributed by atoms with E-state index < -0.39 is 12.2 Å². The van der Waals surface area contributed by atoms with Crippen molar-refractivity contribution in [1.29, 1.82) is 0 Å². The summed E-state index contributed by atoms with van der Waals surface area (Å²) < 4.78 is 24.0. The molecule has 3 aromatic carbocycles. The lowest BCUT2D eigenvalue weighted by molar-refractivity contribution is -0.107. The van der Waals surface area contributed by atoms with Crippen LogP contribution in [0.1, 0.15) is 16.7 Å². The number of hydrogen-bond acceptors (Lipinski definition) is 5. The molecule has 5 nitrogen and oxygen atoms in total. The van der Waals surface area contributed by atoms with Crippen LogP contribution in [0.15, 0.2) is 103 Å². The summed E-state index contributed by atoms with van der Waals surface area (Å²) in [5.74, 6) is 1.17. The molecule has 0 amide bonds. The first-order valence-corrected chi connectivity index (χ1v) is 10.8. The van der Waals surface area contributed by atoms with E-state index in [0.717, 1.165) is 16.7 Å². The number of hydrogen-bond donors (Lipinski definition) is 1. The first kappa shape index (κ1) is 22.2. The van der Waals surface area contributed by atoms with Gasteiger partial charge in [0.1, 0.15) is 18.8 Å². The monoisotopic (exact) mass is 432 g/mol. The van der Waals surface area contributed by atoms with Crippen LogP contribution in [0.5, 0.6) is 0 Å². The number of aliphatic hydroxyl groups excluding tert-OH is 1. The van der Waals surface area contributed by atoms with Crippen LogP contribution < -0.4 is 0 Å². The van der Waals surface area contributed by atoms with Crippen molar-refractivity contribution in [2.45, 2.75) is 32.0 Å². The number of aliphatic hydroxyl groups is 1. The van der Waals surface area contributed by atoms with Gasteiger partial charge in [-0.05, 0) is 16.7 Å². The molecule has 0 saturated carbocycles. The molecule has 2 atom stereocenters. The summed E-state index contributed by atoms with van der Waals surface area (Å²) in [6, 6.07) is 30.0. The van der Waals surface area contributed by atoms with Crippen LogP contribution in [0.3, 0.4) is 0 Å². The number of ether oxygens (including phenoxy) is 4. The summed E-state index contributed by atoms with van der Waals surface area (Å²) in [5.41, 5.74) is 3.21. The maximum Gasteiger partial charge on any atom is 0.176 e. The van der Waals surface area contributed by atoms with Gasteiger partial charge in [-0.1, -0.05) is 91.0 Å². The van der Waals surface area contributed by atoms with E-state index in [9.17, 15) is 5.11 Å². The lowest BCUT2D eigenvalue weighted by Gasteiger charge is -2.25. The highest BCUT2D eigenvalue weighted by molar-refractivity contribution is 5.24. The second-order valence-corrected chi connectivity index (χ2v) is 7.60. The van der Waals surface area contributed by atoms with E-state index in [-0.39, 0.29) is 6.61 Å². The van der Waals surface area contributed by atoms with Crippen molar-refractivity contribution in [2.24, 2.45) is 0 Å². The van der Waals surface area contributed by atoms with Crippen LogP contribution in [0.2, 0.25) is 0 Å². The first-order chi connectivity index (χ1) is 15.8. The number of rotatable bonds is 13. The molecular formula is C27H28O5. The van der Waals surface area contributed by atoms with Gasteiger partial charge in [0.15, 0.2) is 11.5 Å². The van der Waals surface area contributed by atoms with E-state index in [1.807, 2.05) is 91.0 Å². The summed E-state index contributed by atoms with van der Waals surface area (Å²) >= 11 is 0. The van der Waals surface area contributed by atoms with Gasteiger partial charge < -0.3 is 24.1 Å². The molecule has 166 valence electrons. The fraction of sp³-hybridized carbons (Fsp3) is 0.259. The fourth-order valence-electron chi connectivity index (χ4n) is 3.41. The zero-order chi connectivity index (χ0) is 22.0. The lowest BCUT2D eigenvalue weighted by atomic mass is 10.1. The highest BCUT2D eigenvalue weighted by Crippen LogP contribution is 2.34. The van der Waals surface area contributed by atoms with Gasteiger partial charge in [-0.3, -0.25) is 0 Å². The second kappa shape index (κ2) is 11.6. The molecule has 0 saturated heterocycles. The van der Waals surface area contributed by atoms with Gasteiger partial charge in [-0.25, -0.2) is 0 Å². The highest BCUT2D eigenvalue weighted by Gasteiger charge is 2.39. The predicted octanol–water partition coefficient (Wildman–Crippen LogP) is 4.61. The van der Waals surface area contributed by atoms with Crippen molar-refractivity contribution in [3.63, 3.8) is 0 Å². The Balaban J connectivity index is 1.46. The van der Waals surface area contributed by atoms with E-state index in [1.165, 1.54) is 0 Å². The molecule has 1 aliphatic heterocycles. The predicted molar refractivity (Wildman–Crippen MR) is 121 cm³/mol. The van der Waals surface area contributed by atoms with Crippen molar-refractivity contribution >= 4 is 0 Å². The molecule has 0 radical (unpaired) electrons. The van der Waals surface area contributed by atoms with Crippen LogP contribution in [0, 0.1) is 0 Å². The van der Waals surface area contributed by atoms with E-state index in [0.29, 0.717) is 37.9 Å².